The van der Waals surface area contributed by atoms with Crippen molar-refractivity contribution in [2.45, 2.75) is 40.0 Å². The molecule has 0 fully saturated rings. The number of nitrogens with zero attached hydrogens (tertiary/aromatic N) is 1. The number of carbonyl (C=O) groups is 1. The summed E-state index contributed by atoms with van der Waals surface area (Å²) < 4.78 is 11.6. The summed E-state index contributed by atoms with van der Waals surface area (Å²) in [4.78, 5) is 17.1. The minimum absolute atomic E-state index is 0.120. The van der Waals surface area contributed by atoms with Crippen LogP contribution in [0.15, 0.2) is 59.0 Å². The monoisotopic (exact) mass is 462 g/mol. The van der Waals surface area contributed by atoms with Crippen LogP contribution in [0.4, 0.5) is 5.69 Å². The molecule has 4 aromatic rings. The average Bonchev–Trinajstić information content (AvgIpc) is 3.23. The molecular formula is C27H27ClN2O3. The molecule has 170 valence electrons. The zero-order chi connectivity index (χ0) is 23.5. The number of amides is 1. The van der Waals surface area contributed by atoms with Gasteiger partial charge in [0, 0.05) is 5.56 Å². The van der Waals surface area contributed by atoms with Gasteiger partial charge < -0.3 is 14.5 Å². The van der Waals surface area contributed by atoms with E-state index in [-0.39, 0.29) is 12.5 Å². The normalized spacial score (nSPS) is 12.0. The number of halogens is 1. The minimum Gasteiger partial charge on any atom is -0.484 e. The first kappa shape index (κ1) is 22.9. The Balaban J connectivity index is 1.46. The number of hydrogen-bond acceptors (Lipinski definition) is 4. The lowest BCUT2D eigenvalue weighted by Crippen LogP contribution is -2.20. The molecule has 0 saturated carbocycles. The van der Waals surface area contributed by atoms with E-state index in [0.717, 1.165) is 34.2 Å². The molecule has 0 aliphatic heterocycles. The first-order chi connectivity index (χ1) is 15.8. The highest BCUT2D eigenvalue weighted by Crippen LogP contribution is 2.32. The standard InChI is InChI=1S/C27H27ClN2O3/c1-5-17(3)19-6-9-21(10-7-19)32-15-25(31)29-23-14-20(8-11-22(23)28)27-30-24-13-16(2)12-18(4)26(24)33-27/h6-14,17H,5,15H2,1-4H3,(H,29,31)/t17-/m0/s1. The van der Waals surface area contributed by atoms with Gasteiger partial charge in [0.25, 0.3) is 5.91 Å². The van der Waals surface area contributed by atoms with Crippen molar-refractivity contribution in [3.63, 3.8) is 0 Å². The number of anilines is 1. The number of fused-ring (bicyclic) bond motifs is 1. The number of aryl methyl sites for hydroxylation is 2. The molecule has 1 heterocycles. The molecule has 6 heteroatoms. The predicted molar refractivity (Wildman–Crippen MR) is 133 cm³/mol. The summed E-state index contributed by atoms with van der Waals surface area (Å²) in [6.45, 7) is 8.25. The van der Waals surface area contributed by atoms with Gasteiger partial charge in [0.05, 0.1) is 10.7 Å². The van der Waals surface area contributed by atoms with Crippen LogP contribution < -0.4 is 10.1 Å². The van der Waals surface area contributed by atoms with Crippen LogP contribution in [0.2, 0.25) is 5.02 Å². The van der Waals surface area contributed by atoms with Gasteiger partial charge in [-0.1, -0.05) is 43.6 Å². The maximum absolute atomic E-state index is 12.5. The van der Waals surface area contributed by atoms with Gasteiger partial charge in [-0.3, -0.25) is 4.79 Å². The van der Waals surface area contributed by atoms with Crippen LogP contribution in [0.25, 0.3) is 22.6 Å². The summed E-state index contributed by atoms with van der Waals surface area (Å²) in [5.74, 6) is 1.31. The van der Waals surface area contributed by atoms with Crippen LogP contribution in [0, 0.1) is 13.8 Å². The van der Waals surface area contributed by atoms with E-state index in [0.29, 0.717) is 28.3 Å². The number of carbonyl (C=O) groups excluding carboxylic acids is 1. The van der Waals surface area contributed by atoms with Gasteiger partial charge in [0.1, 0.15) is 11.3 Å². The first-order valence-corrected chi connectivity index (χ1v) is 11.4. The van der Waals surface area contributed by atoms with Gasteiger partial charge >= 0.3 is 0 Å². The third-order valence-electron chi connectivity index (χ3n) is 5.74. The molecule has 0 bridgehead atoms. The Morgan fingerprint density at radius 1 is 1.12 bits per heavy atom. The van der Waals surface area contributed by atoms with Crippen LogP contribution >= 0.6 is 11.6 Å². The Morgan fingerprint density at radius 2 is 1.88 bits per heavy atom. The summed E-state index contributed by atoms with van der Waals surface area (Å²) >= 11 is 6.32. The Labute approximate surface area is 198 Å². The van der Waals surface area contributed by atoms with Crippen LogP contribution in [0.3, 0.4) is 0 Å². The fourth-order valence-electron chi connectivity index (χ4n) is 3.72. The highest BCUT2D eigenvalue weighted by Gasteiger charge is 2.14. The van der Waals surface area contributed by atoms with Crippen LogP contribution in [0.5, 0.6) is 5.75 Å². The second-order valence-corrected chi connectivity index (χ2v) is 8.77. The van der Waals surface area contributed by atoms with E-state index >= 15 is 0 Å². The van der Waals surface area contributed by atoms with Crippen molar-refractivity contribution in [1.29, 1.82) is 0 Å². The fourth-order valence-corrected chi connectivity index (χ4v) is 3.88. The number of aromatic nitrogens is 1. The van der Waals surface area contributed by atoms with Crippen molar-refractivity contribution >= 4 is 34.3 Å². The summed E-state index contributed by atoms with van der Waals surface area (Å²) in [5.41, 5.74) is 6.16. The Bertz CT molecular complexity index is 1290. The van der Waals surface area contributed by atoms with Crippen molar-refractivity contribution in [3.8, 4) is 17.2 Å². The summed E-state index contributed by atoms with van der Waals surface area (Å²) in [7, 11) is 0. The quantitative estimate of drug-likeness (QED) is 0.313. The summed E-state index contributed by atoms with van der Waals surface area (Å²) in [6.07, 6.45) is 1.07. The van der Waals surface area contributed by atoms with Crippen molar-refractivity contribution in [3.05, 3.63) is 76.3 Å². The lowest BCUT2D eigenvalue weighted by Gasteiger charge is -2.11. The Hall–Kier alpha value is -3.31. The molecule has 0 spiro atoms. The molecule has 0 radical (unpaired) electrons. The molecule has 4 rings (SSSR count). The van der Waals surface area contributed by atoms with Crippen molar-refractivity contribution < 1.29 is 13.9 Å². The van der Waals surface area contributed by atoms with Gasteiger partial charge in [0.2, 0.25) is 5.89 Å². The number of ether oxygens (including phenoxy) is 1. The minimum atomic E-state index is -0.302. The van der Waals surface area contributed by atoms with Crippen molar-refractivity contribution in [1.82, 2.24) is 4.98 Å². The molecule has 0 aliphatic rings. The zero-order valence-electron chi connectivity index (χ0n) is 19.2. The molecule has 0 unspecified atom stereocenters. The molecule has 3 aromatic carbocycles. The molecular weight excluding hydrogens is 436 g/mol. The van der Waals surface area contributed by atoms with E-state index in [4.69, 9.17) is 20.8 Å². The van der Waals surface area contributed by atoms with Gasteiger partial charge in [-0.05, 0) is 79.3 Å². The summed E-state index contributed by atoms with van der Waals surface area (Å²) in [6, 6.07) is 17.2. The van der Waals surface area contributed by atoms with E-state index in [9.17, 15) is 4.79 Å². The highest BCUT2D eigenvalue weighted by atomic mass is 35.5. The number of nitrogens with one attached hydrogen (secondary N) is 1. The maximum Gasteiger partial charge on any atom is 0.262 e. The second kappa shape index (κ2) is 9.67. The van der Waals surface area contributed by atoms with E-state index in [2.05, 4.69) is 30.2 Å². The topological polar surface area (TPSA) is 64.4 Å². The van der Waals surface area contributed by atoms with E-state index < -0.39 is 0 Å². The maximum atomic E-state index is 12.5. The van der Waals surface area contributed by atoms with E-state index in [1.807, 2.05) is 50.2 Å². The lowest BCUT2D eigenvalue weighted by atomic mass is 9.99. The van der Waals surface area contributed by atoms with Gasteiger partial charge in [-0.15, -0.1) is 0 Å². The molecule has 33 heavy (non-hydrogen) atoms. The largest absolute Gasteiger partial charge is 0.484 e. The number of oxazole rings is 1. The van der Waals surface area contributed by atoms with Crippen molar-refractivity contribution in [2.24, 2.45) is 0 Å². The Kier molecular flexibility index (Phi) is 6.70. The van der Waals surface area contributed by atoms with Gasteiger partial charge in [-0.25, -0.2) is 4.98 Å². The summed E-state index contributed by atoms with van der Waals surface area (Å²) in [5, 5.41) is 3.24. The van der Waals surface area contributed by atoms with Gasteiger partial charge in [0.15, 0.2) is 12.2 Å². The number of hydrogen-bond donors (Lipinski definition) is 1. The van der Waals surface area contributed by atoms with Gasteiger partial charge in [-0.2, -0.15) is 0 Å². The molecule has 1 atom stereocenters. The van der Waals surface area contributed by atoms with E-state index in [1.54, 1.807) is 12.1 Å². The predicted octanol–water partition coefficient (Wildman–Crippen LogP) is 7.30. The van der Waals surface area contributed by atoms with E-state index in [1.165, 1.54) is 5.56 Å². The molecule has 1 aromatic heterocycles. The van der Waals surface area contributed by atoms with Crippen LogP contribution in [0.1, 0.15) is 42.9 Å². The van der Waals surface area contributed by atoms with Crippen LogP contribution in [-0.4, -0.2) is 17.5 Å². The third kappa shape index (κ3) is 5.20. The second-order valence-electron chi connectivity index (χ2n) is 8.36. The molecule has 0 saturated heterocycles. The third-order valence-corrected chi connectivity index (χ3v) is 6.07. The smallest absolute Gasteiger partial charge is 0.262 e. The number of rotatable bonds is 7. The highest BCUT2D eigenvalue weighted by molar-refractivity contribution is 6.33. The molecule has 1 N–H and O–H groups in total. The average molecular weight is 463 g/mol. The van der Waals surface area contributed by atoms with Crippen LogP contribution in [-0.2, 0) is 4.79 Å². The zero-order valence-corrected chi connectivity index (χ0v) is 20.0. The fraction of sp³-hybridized carbons (Fsp3) is 0.259. The molecule has 1 amide bonds. The SMILES string of the molecule is CC[C@H](C)c1ccc(OCC(=O)Nc2cc(-c3nc4cc(C)cc(C)c4o3)ccc2Cl)cc1. The Morgan fingerprint density at radius 3 is 2.61 bits per heavy atom. The molecule has 0 aliphatic carbocycles. The van der Waals surface area contributed by atoms with Crippen molar-refractivity contribution in [2.75, 3.05) is 11.9 Å². The lowest BCUT2D eigenvalue weighted by molar-refractivity contribution is -0.118. The first-order valence-electron chi connectivity index (χ1n) is 11.0. The number of benzene rings is 3. The molecule has 5 nitrogen and oxygen atoms in total.